The van der Waals surface area contributed by atoms with E-state index in [1.165, 1.54) is 21.6 Å². The van der Waals surface area contributed by atoms with E-state index in [4.69, 9.17) is 16.3 Å². The van der Waals surface area contributed by atoms with Crippen LogP contribution < -0.4 is 4.90 Å². The first-order valence-electron chi connectivity index (χ1n) is 11.0. The molecule has 0 bridgehead atoms. The number of anilines is 1. The van der Waals surface area contributed by atoms with Crippen molar-refractivity contribution >= 4 is 44.9 Å². The zero-order chi connectivity index (χ0) is 22.0. The fourth-order valence-corrected chi connectivity index (χ4v) is 5.66. The van der Waals surface area contributed by atoms with Gasteiger partial charge < -0.3 is 9.64 Å². The van der Waals surface area contributed by atoms with Crippen molar-refractivity contribution in [1.82, 2.24) is 9.97 Å². The molecule has 1 atom stereocenters. The van der Waals surface area contributed by atoms with Gasteiger partial charge >= 0.3 is 5.97 Å². The highest BCUT2D eigenvalue weighted by Crippen LogP contribution is 2.43. The summed E-state index contributed by atoms with van der Waals surface area (Å²) in [5.41, 5.74) is 3.68. The molecule has 5 nitrogen and oxygen atoms in total. The highest BCUT2D eigenvalue weighted by molar-refractivity contribution is 7.19. The van der Waals surface area contributed by atoms with Crippen LogP contribution >= 0.6 is 22.9 Å². The summed E-state index contributed by atoms with van der Waals surface area (Å²) >= 11 is 8.03. The molecule has 4 rings (SSSR count). The fourth-order valence-electron chi connectivity index (χ4n) is 4.32. The van der Waals surface area contributed by atoms with Crippen LogP contribution in [0.4, 0.5) is 5.82 Å². The Bertz CT molecular complexity index is 1080. The summed E-state index contributed by atoms with van der Waals surface area (Å²) in [5, 5.41) is 1.29. The summed E-state index contributed by atoms with van der Waals surface area (Å²) in [6.07, 6.45) is 3.68. The number of benzene rings is 1. The van der Waals surface area contributed by atoms with Gasteiger partial charge in [-0.1, -0.05) is 38.1 Å². The van der Waals surface area contributed by atoms with Gasteiger partial charge in [-0.05, 0) is 55.3 Å². The molecule has 1 aliphatic heterocycles. The molecule has 0 saturated carbocycles. The third kappa shape index (κ3) is 4.41. The molecule has 1 unspecified atom stereocenters. The van der Waals surface area contributed by atoms with Crippen LogP contribution in [0.5, 0.6) is 0 Å². The van der Waals surface area contributed by atoms with Gasteiger partial charge in [-0.3, -0.25) is 4.79 Å². The quantitative estimate of drug-likeness (QED) is 0.340. The maximum atomic E-state index is 12.4. The molecule has 0 amide bonds. The zero-order valence-electron chi connectivity index (χ0n) is 18.3. The van der Waals surface area contributed by atoms with Crippen LogP contribution in [-0.2, 0) is 22.4 Å². The van der Waals surface area contributed by atoms with E-state index in [9.17, 15) is 4.79 Å². The molecule has 31 heavy (non-hydrogen) atoms. The molecule has 0 spiro atoms. The van der Waals surface area contributed by atoms with Gasteiger partial charge in [0.2, 0.25) is 5.28 Å². The summed E-state index contributed by atoms with van der Waals surface area (Å²) < 4.78 is 5.29. The van der Waals surface area contributed by atoms with E-state index in [2.05, 4.69) is 53.0 Å². The number of carbonyl (C=O) groups is 1. The van der Waals surface area contributed by atoms with Gasteiger partial charge in [-0.2, -0.15) is 4.98 Å². The monoisotopic (exact) mass is 457 g/mol. The van der Waals surface area contributed by atoms with E-state index in [-0.39, 0.29) is 17.2 Å². The molecular weight excluding hydrogens is 430 g/mol. The largest absolute Gasteiger partial charge is 0.466 e. The Morgan fingerprint density at radius 2 is 1.97 bits per heavy atom. The number of ether oxygens (including phenoxy) is 1. The Hall–Kier alpha value is -2.18. The molecule has 0 N–H and O–H groups in total. The summed E-state index contributed by atoms with van der Waals surface area (Å²) in [4.78, 5) is 26.0. The van der Waals surface area contributed by atoms with Gasteiger partial charge in [0.1, 0.15) is 10.6 Å². The van der Waals surface area contributed by atoms with Gasteiger partial charge in [0.15, 0.2) is 0 Å². The van der Waals surface area contributed by atoms with Gasteiger partial charge in [-0.15, -0.1) is 11.3 Å². The summed E-state index contributed by atoms with van der Waals surface area (Å²) in [6.45, 7) is 8.01. The van der Waals surface area contributed by atoms with E-state index in [1.807, 2.05) is 6.92 Å². The molecule has 1 aromatic carbocycles. The Morgan fingerprint density at radius 3 is 2.65 bits per heavy atom. The van der Waals surface area contributed by atoms with Gasteiger partial charge in [-0.25, -0.2) is 4.98 Å². The van der Waals surface area contributed by atoms with Crippen LogP contribution in [0.2, 0.25) is 5.28 Å². The first-order valence-corrected chi connectivity index (χ1v) is 12.2. The summed E-state index contributed by atoms with van der Waals surface area (Å²) in [7, 11) is 0. The Labute approximate surface area is 192 Å². The van der Waals surface area contributed by atoms with Crippen molar-refractivity contribution in [2.24, 2.45) is 5.92 Å². The number of rotatable bonds is 6. The topological polar surface area (TPSA) is 55.3 Å². The number of carbonyl (C=O) groups excluding carboxylic acids is 1. The molecule has 1 saturated heterocycles. The van der Waals surface area contributed by atoms with E-state index in [0.29, 0.717) is 13.2 Å². The minimum atomic E-state index is -0.144. The number of fused-ring (bicyclic) bond motifs is 1. The van der Waals surface area contributed by atoms with E-state index in [0.717, 1.165) is 48.3 Å². The number of hydrogen-bond donors (Lipinski definition) is 0. The van der Waals surface area contributed by atoms with Crippen LogP contribution in [0.25, 0.3) is 21.3 Å². The van der Waals surface area contributed by atoms with Gasteiger partial charge in [0, 0.05) is 23.5 Å². The summed E-state index contributed by atoms with van der Waals surface area (Å²) in [6, 6.07) is 8.75. The van der Waals surface area contributed by atoms with Crippen molar-refractivity contribution in [3.63, 3.8) is 0 Å². The second kappa shape index (κ2) is 9.53. The van der Waals surface area contributed by atoms with E-state index < -0.39 is 0 Å². The van der Waals surface area contributed by atoms with Crippen molar-refractivity contribution in [3.05, 3.63) is 40.0 Å². The van der Waals surface area contributed by atoms with Crippen molar-refractivity contribution < 1.29 is 9.53 Å². The zero-order valence-corrected chi connectivity index (χ0v) is 19.9. The van der Waals surface area contributed by atoms with Crippen LogP contribution in [0.1, 0.15) is 44.1 Å². The normalized spacial score (nSPS) is 16.6. The third-order valence-corrected chi connectivity index (χ3v) is 7.29. The summed E-state index contributed by atoms with van der Waals surface area (Å²) in [5.74, 6) is 0.558. The molecular formula is C24H28ClN3O2S. The minimum absolute atomic E-state index is 0.126. The van der Waals surface area contributed by atoms with Crippen LogP contribution in [0.15, 0.2) is 24.3 Å². The molecule has 1 aliphatic rings. The number of nitrogens with zero attached hydrogens (tertiary/aromatic N) is 3. The SMILES string of the molecule is CCOC(=O)C1CCCN(c2nc(Cl)nc3sc(CC)c(-c4ccc(CC)cc4)c23)C1. The average molecular weight is 458 g/mol. The lowest BCUT2D eigenvalue weighted by Gasteiger charge is -2.33. The lowest BCUT2D eigenvalue weighted by Crippen LogP contribution is -2.40. The molecule has 3 aromatic rings. The first kappa shape index (κ1) is 22.0. The molecule has 0 aliphatic carbocycles. The third-order valence-electron chi connectivity index (χ3n) is 5.89. The molecule has 3 heterocycles. The first-order chi connectivity index (χ1) is 15.0. The molecule has 7 heteroatoms. The number of hydrogen-bond acceptors (Lipinski definition) is 6. The number of esters is 1. The Kier molecular flexibility index (Phi) is 6.77. The maximum absolute atomic E-state index is 12.4. The van der Waals surface area contributed by atoms with Crippen LogP contribution in [0, 0.1) is 5.92 Å². The minimum Gasteiger partial charge on any atom is -0.466 e. The van der Waals surface area contributed by atoms with Crippen molar-refractivity contribution in [1.29, 1.82) is 0 Å². The molecule has 164 valence electrons. The van der Waals surface area contributed by atoms with E-state index in [1.54, 1.807) is 11.3 Å². The average Bonchev–Trinajstić information content (AvgIpc) is 3.17. The molecule has 1 fully saturated rings. The number of aromatic nitrogens is 2. The lowest BCUT2D eigenvalue weighted by molar-refractivity contribution is -0.148. The van der Waals surface area contributed by atoms with Crippen LogP contribution in [-0.4, -0.2) is 35.6 Å². The molecule has 2 aromatic heterocycles. The maximum Gasteiger partial charge on any atom is 0.310 e. The molecule has 0 radical (unpaired) electrons. The number of aryl methyl sites for hydroxylation is 2. The Morgan fingerprint density at radius 1 is 1.19 bits per heavy atom. The smallest absolute Gasteiger partial charge is 0.310 e. The standard InChI is InChI=1S/C24H28ClN3O2S/c1-4-15-9-11-16(12-10-15)19-18(5-2)31-22-20(19)21(26-24(25)27-22)28-13-7-8-17(14-28)23(29)30-6-3/h9-12,17H,4-8,13-14H2,1-3H3. The highest BCUT2D eigenvalue weighted by Gasteiger charge is 2.30. The lowest BCUT2D eigenvalue weighted by atomic mass is 9.96. The number of halogens is 1. The van der Waals surface area contributed by atoms with Crippen molar-refractivity contribution in [2.75, 3.05) is 24.6 Å². The van der Waals surface area contributed by atoms with Crippen LogP contribution in [0.3, 0.4) is 0 Å². The second-order valence-electron chi connectivity index (χ2n) is 7.84. The van der Waals surface area contributed by atoms with Gasteiger partial charge in [0.05, 0.1) is 17.9 Å². The second-order valence-corrected chi connectivity index (χ2v) is 9.26. The number of piperidine rings is 1. The van der Waals surface area contributed by atoms with Gasteiger partial charge in [0.25, 0.3) is 0 Å². The number of thiophene rings is 1. The van der Waals surface area contributed by atoms with E-state index >= 15 is 0 Å². The highest BCUT2D eigenvalue weighted by atomic mass is 35.5. The fraction of sp³-hybridized carbons (Fsp3) is 0.458. The predicted molar refractivity (Wildman–Crippen MR) is 128 cm³/mol. The Balaban J connectivity index is 1.83. The predicted octanol–water partition coefficient (Wildman–Crippen LogP) is 5.92. The van der Waals surface area contributed by atoms with Crippen molar-refractivity contribution in [3.8, 4) is 11.1 Å². The van der Waals surface area contributed by atoms with Crippen molar-refractivity contribution in [2.45, 2.75) is 46.5 Å².